The SMILES string of the molecule is NC(=NCc1nn(-c2ccccc2)c2c1CCC2)N1CCSCC1. The summed E-state index contributed by atoms with van der Waals surface area (Å²) in [5.74, 6) is 2.93. The quantitative estimate of drug-likeness (QED) is 0.687. The van der Waals surface area contributed by atoms with Crippen molar-refractivity contribution < 1.29 is 0 Å². The minimum atomic E-state index is 0.581. The fourth-order valence-electron chi connectivity index (χ4n) is 3.47. The summed E-state index contributed by atoms with van der Waals surface area (Å²) < 4.78 is 2.10. The Morgan fingerprint density at radius 3 is 2.75 bits per heavy atom. The van der Waals surface area contributed by atoms with Crippen molar-refractivity contribution in [1.82, 2.24) is 14.7 Å². The van der Waals surface area contributed by atoms with E-state index in [1.807, 2.05) is 17.8 Å². The van der Waals surface area contributed by atoms with E-state index in [1.165, 1.54) is 17.7 Å². The van der Waals surface area contributed by atoms with Crippen LogP contribution in [0.5, 0.6) is 0 Å². The molecule has 2 aromatic rings. The molecule has 6 heteroatoms. The number of benzene rings is 1. The van der Waals surface area contributed by atoms with Crippen LogP contribution < -0.4 is 5.73 Å². The molecule has 0 unspecified atom stereocenters. The molecule has 1 aromatic carbocycles. The van der Waals surface area contributed by atoms with Crippen molar-refractivity contribution in [1.29, 1.82) is 0 Å². The molecule has 5 nitrogen and oxygen atoms in total. The molecule has 1 aromatic heterocycles. The van der Waals surface area contributed by atoms with Gasteiger partial charge >= 0.3 is 0 Å². The van der Waals surface area contributed by atoms with E-state index >= 15 is 0 Å². The van der Waals surface area contributed by atoms with Crippen LogP contribution in [0.2, 0.25) is 0 Å². The number of para-hydroxylation sites is 1. The summed E-state index contributed by atoms with van der Waals surface area (Å²) in [5.41, 5.74) is 11.1. The molecule has 1 aliphatic heterocycles. The summed E-state index contributed by atoms with van der Waals surface area (Å²) in [5, 5.41) is 4.85. The first-order chi connectivity index (χ1) is 11.8. The lowest BCUT2D eigenvalue weighted by Crippen LogP contribution is -2.42. The third-order valence-corrected chi connectivity index (χ3v) is 5.68. The summed E-state index contributed by atoms with van der Waals surface area (Å²) >= 11 is 1.98. The van der Waals surface area contributed by atoms with Crippen molar-refractivity contribution >= 4 is 17.7 Å². The second-order valence-electron chi connectivity index (χ2n) is 6.25. The highest BCUT2D eigenvalue weighted by molar-refractivity contribution is 7.99. The Kier molecular flexibility index (Phi) is 4.47. The number of aliphatic imine (C=N–C) groups is 1. The van der Waals surface area contributed by atoms with Gasteiger partial charge < -0.3 is 10.6 Å². The Hall–Kier alpha value is -1.95. The van der Waals surface area contributed by atoms with Crippen molar-refractivity contribution in [2.75, 3.05) is 24.6 Å². The van der Waals surface area contributed by atoms with Gasteiger partial charge in [-0.1, -0.05) is 18.2 Å². The van der Waals surface area contributed by atoms with Gasteiger partial charge in [-0.2, -0.15) is 16.9 Å². The molecule has 2 N–H and O–H groups in total. The standard InChI is InChI=1S/C18H23N5S/c19-18(22-9-11-24-12-10-22)20-13-16-15-7-4-8-17(15)23(21-16)14-5-2-1-3-6-14/h1-3,5-6H,4,7-13H2,(H2,19,20). The van der Waals surface area contributed by atoms with Gasteiger partial charge in [0.05, 0.1) is 17.9 Å². The molecule has 1 aliphatic carbocycles. The van der Waals surface area contributed by atoms with Gasteiger partial charge in [-0.05, 0) is 37.0 Å². The maximum absolute atomic E-state index is 6.19. The highest BCUT2D eigenvalue weighted by Gasteiger charge is 2.23. The molecule has 0 spiro atoms. The van der Waals surface area contributed by atoms with Gasteiger partial charge in [-0.15, -0.1) is 0 Å². The molecular weight excluding hydrogens is 318 g/mol. The Morgan fingerprint density at radius 2 is 1.96 bits per heavy atom. The van der Waals surface area contributed by atoms with E-state index in [1.54, 1.807) is 0 Å². The zero-order valence-electron chi connectivity index (χ0n) is 13.8. The van der Waals surface area contributed by atoms with Crippen molar-refractivity contribution in [2.45, 2.75) is 25.8 Å². The predicted octanol–water partition coefficient (Wildman–Crippen LogP) is 2.22. The third-order valence-electron chi connectivity index (χ3n) is 4.74. The molecule has 0 bridgehead atoms. The molecular formula is C18H23N5S. The fraction of sp³-hybridized carbons (Fsp3) is 0.444. The largest absolute Gasteiger partial charge is 0.370 e. The number of hydrogen-bond donors (Lipinski definition) is 1. The molecule has 126 valence electrons. The Balaban J connectivity index is 1.58. The highest BCUT2D eigenvalue weighted by atomic mass is 32.2. The van der Waals surface area contributed by atoms with Crippen LogP contribution in [0.1, 0.15) is 23.4 Å². The van der Waals surface area contributed by atoms with E-state index in [0.29, 0.717) is 12.5 Å². The first kappa shape index (κ1) is 15.6. The molecule has 24 heavy (non-hydrogen) atoms. The molecule has 0 saturated carbocycles. The van der Waals surface area contributed by atoms with Crippen LogP contribution in [0.4, 0.5) is 0 Å². The van der Waals surface area contributed by atoms with Gasteiger partial charge in [0, 0.05) is 30.3 Å². The fourth-order valence-corrected chi connectivity index (χ4v) is 4.38. The third kappa shape index (κ3) is 3.02. The Labute approximate surface area is 146 Å². The molecule has 1 fully saturated rings. The highest BCUT2D eigenvalue weighted by Crippen LogP contribution is 2.28. The maximum Gasteiger partial charge on any atom is 0.191 e. The molecule has 4 rings (SSSR count). The number of fused-ring (bicyclic) bond motifs is 1. The van der Waals surface area contributed by atoms with E-state index in [-0.39, 0.29) is 0 Å². The molecule has 2 heterocycles. The maximum atomic E-state index is 6.19. The predicted molar refractivity (Wildman–Crippen MR) is 99.8 cm³/mol. The zero-order valence-corrected chi connectivity index (χ0v) is 14.6. The minimum Gasteiger partial charge on any atom is -0.370 e. The topological polar surface area (TPSA) is 59.4 Å². The molecule has 0 atom stereocenters. The molecule has 0 radical (unpaired) electrons. The van der Waals surface area contributed by atoms with Gasteiger partial charge in [-0.3, -0.25) is 0 Å². The van der Waals surface area contributed by atoms with Gasteiger partial charge in [0.2, 0.25) is 0 Å². The van der Waals surface area contributed by atoms with Crippen molar-refractivity contribution in [3.63, 3.8) is 0 Å². The van der Waals surface area contributed by atoms with Crippen LogP contribution in [0.15, 0.2) is 35.3 Å². The normalized spacial score (nSPS) is 18.0. The van der Waals surface area contributed by atoms with Crippen LogP contribution in [0.3, 0.4) is 0 Å². The van der Waals surface area contributed by atoms with Crippen LogP contribution in [-0.2, 0) is 19.4 Å². The summed E-state index contributed by atoms with van der Waals surface area (Å²) in [7, 11) is 0. The van der Waals surface area contributed by atoms with E-state index in [9.17, 15) is 0 Å². The summed E-state index contributed by atoms with van der Waals surface area (Å²) in [6, 6.07) is 10.4. The summed E-state index contributed by atoms with van der Waals surface area (Å²) in [4.78, 5) is 6.82. The van der Waals surface area contributed by atoms with E-state index in [4.69, 9.17) is 10.8 Å². The number of rotatable bonds is 3. The molecule has 0 amide bonds. The van der Waals surface area contributed by atoms with Crippen LogP contribution in [0.25, 0.3) is 5.69 Å². The number of guanidine groups is 1. The number of thioether (sulfide) groups is 1. The lowest BCUT2D eigenvalue weighted by molar-refractivity contribution is 0.455. The van der Waals surface area contributed by atoms with Crippen LogP contribution in [-0.4, -0.2) is 45.2 Å². The summed E-state index contributed by atoms with van der Waals surface area (Å²) in [6.07, 6.45) is 3.41. The number of aromatic nitrogens is 2. The van der Waals surface area contributed by atoms with Gasteiger partial charge in [0.25, 0.3) is 0 Å². The van der Waals surface area contributed by atoms with Crippen molar-refractivity contribution in [3.8, 4) is 5.69 Å². The minimum absolute atomic E-state index is 0.581. The lowest BCUT2D eigenvalue weighted by Gasteiger charge is -2.27. The van der Waals surface area contributed by atoms with Crippen molar-refractivity contribution in [2.24, 2.45) is 10.7 Å². The average Bonchev–Trinajstić information content (AvgIpc) is 3.24. The Bertz CT molecular complexity index is 731. The van der Waals surface area contributed by atoms with Gasteiger partial charge in [-0.25, -0.2) is 9.67 Å². The molecule has 1 saturated heterocycles. The van der Waals surface area contributed by atoms with E-state index < -0.39 is 0 Å². The van der Waals surface area contributed by atoms with Crippen LogP contribution >= 0.6 is 11.8 Å². The number of nitrogens with two attached hydrogens (primary N) is 1. The van der Waals surface area contributed by atoms with Gasteiger partial charge in [0.1, 0.15) is 0 Å². The zero-order chi connectivity index (χ0) is 16.4. The second-order valence-corrected chi connectivity index (χ2v) is 7.47. The van der Waals surface area contributed by atoms with Crippen molar-refractivity contribution in [3.05, 3.63) is 47.3 Å². The Morgan fingerprint density at radius 1 is 1.17 bits per heavy atom. The van der Waals surface area contributed by atoms with Gasteiger partial charge in [0.15, 0.2) is 5.96 Å². The van der Waals surface area contributed by atoms with Crippen LogP contribution in [0, 0.1) is 0 Å². The number of nitrogens with zero attached hydrogens (tertiary/aromatic N) is 4. The van der Waals surface area contributed by atoms with E-state index in [0.717, 1.165) is 48.8 Å². The van der Waals surface area contributed by atoms with E-state index in [2.05, 4.69) is 38.8 Å². The number of hydrogen-bond acceptors (Lipinski definition) is 3. The smallest absolute Gasteiger partial charge is 0.191 e. The lowest BCUT2D eigenvalue weighted by atomic mass is 10.2. The summed E-state index contributed by atoms with van der Waals surface area (Å²) in [6.45, 7) is 2.57. The second kappa shape index (κ2) is 6.89. The molecule has 2 aliphatic rings. The first-order valence-corrected chi connectivity index (χ1v) is 9.76. The first-order valence-electron chi connectivity index (χ1n) is 8.60. The monoisotopic (exact) mass is 341 g/mol. The average molecular weight is 341 g/mol.